The van der Waals surface area contributed by atoms with Gasteiger partial charge in [0, 0.05) is 11.6 Å². The van der Waals surface area contributed by atoms with E-state index in [0.29, 0.717) is 23.5 Å². The summed E-state index contributed by atoms with van der Waals surface area (Å²) >= 11 is 0. The molecular formula is C23H25FN2O3. The van der Waals surface area contributed by atoms with E-state index in [2.05, 4.69) is 5.32 Å². The van der Waals surface area contributed by atoms with Crippen molar-refractivity contribution >= 4 is 17.5 Å². The normalized spacial score (nSPS) is 17.3. The van der Waals surface area contributed by atoms with Crippen molar-refractivity contribution in [2.75, 3.05) is 11.5 Å². The highest BCUT2D eigenvalue weighted by molar-refractivity contribution is 6.01. The van der Waals surface area contributed by atoms with E-state index < -0.39 is 0 Å². The van der Waals surface area contributed by atoms with E-state index in [1.807, 2.05) is 0 Å². The van der Waals surface area contributed by atoms with Crippen LogP contribution in [0.25, 0.3) is 0 Å². The largest absolute Gasteiger partial charge is 0.482 e. The van der Waals surface area contributed by atoms with E-state index in [9.17, 15) is 14.0 Å². The molecule has 2 amide bonds. The number of carbonyl (C=O) groups is 2. The molecule has 2 aliphatic rings. The molecule has 1 heterocycles. The molecule has 6 heteroatoms. The molecule has 152 valence electrons. The standard InChI is InChI=1S/C23H25FN2O3/c24-18-10-7-16(8-11-18)14-26-20-13-17(9-12-21(20)29-15-22(26)27)23(28)25-19-5-3-1-2-4-6-19/h7-13,19H,1-6,14-15H2,(H,25,28). The summed E-state index contributed by atoms with van der Waals surface area (Å²) in [6.45, 7) is 0.241. The number of nitrogens with one attached hydrogen (secondary N) is 1. The maximum absolute atomic E-state index is 13.2. The Hall–Kier alpha value is -2.89. The lowest BCUT2D eigenvalue weighted by Crippen LogP contribution is -2.39. The van der Waals surface area contributed by atoms with Crippen LogP contribution in [0.1, 0.15) is 54.4 Å². The fourth-order valence-corrected chi connectivity index (χ4v) is 3.98. The zero-order chi connectivity index (χ0) is 20.2. The minimum atomic E-state index is -0.320. The first kappa shape index (κ1) is 19.4. The van der Waals surface area contributed by atoms with Gasteiger partial charge in [0.1, 0.15) is 11.6 Å². The third-order valence-electron chi connectivity index (χ3n) is 5.61. The SMILES string of the molecule is O=C(NC1CCCCCC1)c1ccc2c(c1)N(Cc1ccc(F)cc1)C(=O)CO2. The van der Waals surface area contributed by atoms with Crippen LogP contribution in [0.4, 0.5) is 10.1 Å². The average molecular weight is 396 g/mol. The molecule has 29 heavy (non-hydrogen) atoms. The van der Waals surface area contributed by atoms with Crippen LogP contribution in [0.15, 0.2) is 42.5 Å². The molecule has 1 aliphatic heterocycles. The van der Waals surface area contributed by atoms with E-state index >= 15 is 0 Å². The summed E-state index contributed by atoms with van der Waals surface area (Å²) in [6, 6.07) is 11.4. The maximum atomic E-state index is 13.2. The lowest BCUT2D eigenvalue weighted by Gasteiger charge is -2.30. The van der Waals surface area contributed by atoms with Crippen molar-refractivity contribution in [3.63, 3.8) is 0 Å². The first-order chi connectivity index (χ1) is 14.1. The Balaban J connectivity index is 1.54. The molecule has 5 nitrogen and oxygen atoms in total. The smallest absolute Gasteiger partial charge is 0.265 e. The Kier molecular flexibility index (Phi) is 5.79. The van der Waals surface area contributed by atoms with Gasteiger partial charge in [0.05, 0.1) is 12.2 Å². The monoisotopic (exact) mass is 396 g/mol. The molecule has 0 spiro atoms. The molecule has 0 unspecified atom stereocenters. The summed E-state index contributed by atoms with van der Waals surface area (Å²) in [5.74, 6) is -0.0692. The second kappa shape index (κ2) is 8.64. The van der Waals surface area contributed by atoms with Crippen LogP contribution in [0, 0.1) is 5.82 Å². The van der Waals surface area contributed by atoms with E-state index in [4.69, 9.17) is 4.74 Å². The third-order valence-corrected chi connectivity index (χ3v) is 5.61. The minimum absolute atomic E-state index is 0.0538. The molecule has 0 radical (unpaired) electrons. The summed E-state index contributed by atoms with van der Waals surface area (Å²) < 4.78 is 18.7. The van der Waals surface area contributed by atoms with Gasteiger partial charge in [0.15, 0.2) is 6.61 Å². The first-order valence-corrected chi connectivity index (χ1v) is 10.2. The van der Waals surface area contributed by atoms with Gasteiger partial charge in [0.25, 0.3) is 11.8 Å². The van der Waals surface area contributed by atoms with Gasteiger partial charge in [-0.25, -0.2) is 4.39 Å². The van der Waals surface area contributed by atoms with Crippen molar-refractivity contribution in [3.05, 3.63) is 59.4 Å². The highest BCUT2D eigenvalue weighted by Crippen LogP contribution is 2.34. The molecule has 2 aromatic rings. The van der Waals surface area contributed by atoms with Crippen molar-refractivity contribution in [1.82, 2.24) is 5.32 Å². The van der Waals surface area contributed by atoms with Gasteiger partial charge in [-0.1, -0.05) is 37.8 Å². The van der Waals surface area contributed by atoms with Gasteiger partial charge in [-0.3, -0.25) is 9.59 Å². The first-order valence-electron chi connectivity index (χ1n) is 10.2. The van der Waals surface area contributed by atoms with Crippen LogP contribution < -0.4 is 15.0 Å². The molecule has 0 saturated heterocycles. The number of fused-ring (bicyclic) bond motifs is 1. The number of ether oxygens (including phenoxy) is 1. The summed E-state index contributed by atoms with van der Waals surface area (Å²) in [5.41, 5.74) is 1.88. The second-order valence-corrected chi connectivity index (χ2v) is 7.74. The molecular weight excluding hydrogens is 371 g/mol. The van der Waals surface area contributed by atoms with Gasteiger partial charge in [-0.05, 0) is 48.7 Å². The van der Waals surface area contributed by atoms with Gasteiger partial charge in [0.2, 0.25) is 0 Å². The summed E-state index contributed by atoms with van der Waals surface area (Å²) in [4.78, 5) is 26.9. The van der Waals surface area contributed by atoms with Gasteiger partial charge >= 0.3 is 0 Å². The number of anilines is 1. The van der Waals surface area contributed by atoms with Crippen LogP contribution >= 0.6 is 0 Å². The number of halogens is 1. The molecule has 0 bridgehead atoms. The van der Waals surface area contributed by atoms with Crippen molar-refractivity contribution in [2.45, 2.75) is 51.1 Å². The second-order valence-electron chi connectivity index (χ2n) is 7.74. The van der Waals surface area contributed by atoms with Crippen LogP contribution in [-0.2, 0) is 11.3 Å². The predicted octanol–water partition coefficient (Wildman–Crippen LogP) is 4.20. The zero-order valence-electron chi connectivity index (χ0n) is 16.3. The Morgan fingerprint density at radius 3 is 2.52 bits per heavy atom. The average Bonchev–Trinajstić information content (AvgIpc) is 3.00. The third kappa shape index (κ3) is 4.58. The Bertz CT molecular complexity index is 889. The van der Waals surface area contributed by atoms with Crippen molar-refractivity contribution < 1.29 is 18.7 Å². The molecule has 0 atom stereocenters. The summed E-state index contributed by atoms with van der Waals surface area (Å²) in [6.07, 6.45) is 6.75. The zero-order valence-corrected chi connectivity index (χ0v) is 16.3. The Morgan fingerprint density at radius 2 is 1.79 bits per heavy atom. The topological polar surface area (TPSA) is 58.6 Å². The highest BCUT2D eigenvalue weighted by atomic mass is 19.1. The van der Waals surface area contributed by atoms with Crippen LogP contribution in [-0.4, -0.2) is 24.5 Å². The molecule has 1 aliphatic carbocycles. The molecule has 2 aromatic carbocycles. The van der Waals surface area contributed by atoms with Crippen molar-refractivity contribution in [3.8, 4) is 5.75 Å². The quantitative estimate of drug-likeness (QED) is 0.788. The number of rotatable bonds is 4. The van der Waals surface area contributed by atoms with E-state index in [-0.39, 0.29) is 30.3 Å². The van der Waals surface area contributed by atoms with Gasteiger partial charge in [-0.15, -0.1) is 0 Å². The number of carbonyl (C=O) groups excluding carboxylic acids is 2. The molecule has 4 rings (SSSR count). The van der Waals surface area contributed by atoms with Crippen LogP contribution in [0.2, 0.25) is 0 Å². The fourth-order valence-electron chi connectivity index (χ4n) is 3.98. The van der Waals surface area contributed by atoms with Gasteiger partial charge < -0.3 is 15.0 Å². The van der Waals surface area contributed by atoms with Crippen LogP contribution in [0.3, 0.4) is 0 Å². The lowest BCUT2D eigenvalue weighted by atomic mass is 10.1. The van der Waals surface area contributed by atoms with E-state index in [1.165, 1.54) is 25.0 Å². The maximum Gasteiger partial charge on any atom is 0.265 e. The number of hydrogen-bond donors (Lipinski definition) is 1. The van der Waals surface area contributed by atoms with Gasteiger partial charge in [-0.2, -0.15) is 0 Å². The number of benzene rings is 2. The minimum Gasteiger partial charge on any atom is -0.482 e. The summed E-state index contributed by atoms with van der Waals surface area (Å²) in [7, 11) is 0. The summed E-state index contributed by atoms with van der Waals surface area (Å²) in [5, 5.41) is 3.14. The van der Waals surface area contributed by atoms with Crippen LogP contribution in [0.5, 0.6) is 5.75 Å². The molecule has 1 N–H and O–H groups in total. The van der Waals surface area contributed by atoms with Crippen molar-refractivity contribution in [1.29, 1.82) is 0 Å². The predicted molar refractivity (Wildman–Crippen MR) is 108 cm³/mol. The Morgan fingerprint density at radius 1 is 1.07 bits per heavy atom. The van der Waals surface area contributed by atoms with E-state index in [1.54, 1.807) is 35.2 Å². The number of nitrogens with zero attached hydrogens (tertiary/aromatic N) is 1. The fraction of sp³-hybridized carbons (Fsp3) is 0.391. The Labute approximate surface area is 169 Å². The number of hydrogen-bond acceptors (Lipinski definition) is 3. The lowest BCUT2D eigenvalue weighted by molar-refractivity contribution is -0.121. The highest BCUT2D eigenvalue weighted by Gasteiger charge is 2.27. The molecule has 0 aromatic heterocycles. The van der Waals surface area contributed by atoms with E-state index in [0.717, 1.165) is 31.2 Å². The molecule has 1 saturated carbocycles. The molecule has 1 fully saturated rings. The number of amides is 2. The van der Waals surface area contributed by atoms with Crippen molar-refractivity contribution in [2.24, 2.45) is 0 Å².